The van der Waals surface area contributed by atoms with Gasteiger partial charge in [-0.05, 0) is 24.6 Å². The van der Waals surface area contributed by atoms with Gasteiger partial charge in [0.2, 0.25) is 0 Å². The van der Waals surface area contributed by atoms with Crippen LogP contribution in [0.25, 0.3) is 11.0 Å². The van der Waals surface area contributed by atoms with Crippen LogP contribution in [-0.4, -0.2) is 40.4 Å². The molecule has 0 bridgehead atoms. The topological polar surface area (TPSA) is 96.4 Å². The van der Waals surface area contributed by atoms with Gasteiger partial charge in [0.25, 0.3) is 5.91 Å². The Morgan fingerprint density at radius 3 is 2.83 bits per heavy atom. The van der Waals surface area contributed by atoms with Crippen molar-refractivity contribution >= 4 is 40.9 Å². The van der Waals surface area contributed by atoms with Crippen LogP contribution >= 0.6 is 11.8 Å². The number of aromatic amines is 1. The number of carbonyl (C=O) groups is 2. The van der Waals surface area contributed by atoms with Crippen molar-refractivity contribution in [1.82, 2.24) is 15.4 Å². The molecule has 29 heavy (non-hydrogen) atoms. The van der Waals surface area contributed by atoms with Crippen LogP contribution in [0.1, 0.15) is 35.7 Å². The zero-order valence-corrected chi connectivity index (χ0v) is 16.9. The van der Waals surface area contributed by atoms with E-state index in [4.69, 9.17) is 4.74 Å². The van der Waals surface area contributed by atoms with Crippen LogP contribution in [-0.2, 0) is 9.53 Å². The predicted octanol–water partition coefficient (Wildman–Crippen LogP) is 3.76. The minimum Gasteiger partial charge on any atom is -0.462 e. The molecule has 8 heteroatoms. The molecule has 1 amide bonds. The SMILES string of the molecule is CCCCOC(=O)c1ccccc1/C=N/NC(=O)CSc1nc2ccccc2[nH]1. The minimum absolute atomic E-state index is 0.165. The number of hydrogen-bond acceptors (Lipinski definition) is 6. The molecule has 1 heterocycles. The summed E-state index contributed by atoms with van der Waals surface area (Å²) in [5.74, 6) is -0.500. The van der Waals surface area contributed by atoms with E-state index in [2.05, 4.69) is 20.5 Å². The maximum atomic E-state index is 12.2. The summed E-state index contributed by atoms with van der Waals surface area (Å²) in [5, 5.41) is 4.63. The summed E-state index contributed by atoms with van der Waals surface area (Å²) in [6.07, 6.45) is 3.22. The maximum Gasteiger partial charge on any atom is 0.338 e. The number of benzene rings is 2. The van der Waals surface area contributed by atoms with Crippen molar-refractivity contribution in [2.45, 2.75) is 24.9 Å². The van der Waals surface area contributed by atoms with Gasteiger partial charge in [-0.25, -0.2) is 15.2 Å². The molecule has 1 aromatic heterocycles. The van der Waals surface area contributed by atoms with Gasteiger partial charge in [-0.2, -0.15) is 5.10 Å². The number of hydrogen-bond donors (Lipinski definition) is 2. The van der Waals surface area contributed by atoms with Gasteiger partial charge in [0.1, 0.15) is 0 Å². The van der Waals surface area contributed by atoms with Gasteiger partial charge in [-0.15, -0.1) is 0 Å². The van der Waals surface area contributed by atoms with Crippen molar-refractivity contribution in [3.63, 3.8) is 0 Å². The van der Waals surface area contributed by atoms with Crippen LogP contribution in [0.4, 0.5) is 0 Å². The zero-order valence-electron chi connectivity index (χ0n) is 16.1. The molecule has 7 nitrogen and oxygen atoms in total. The zero-order chi connectivity index (χ0) is 20.5. The van der Waals surface area contributed by atoms with Gasteiger partial charge in [0.15, 0.2) is 5.16 Å². The average Bonchev–Trinajstić information content (AvgIpc) is 3.16. The quantitative estimate of drug-likeness (QED) is 0.184. The Kier molecular flexibility index (Phi) is 7.40. The van der Waals surface area contributed by atoms with Crippen molar-refractivity contribution in [3.8, 4) is 0 Å². The lowest BCUT2D eigenvalue weighted by Gasteiger charge is -2.06. The van der Waals surface area contributed by atoms with E-state index in [-0.39, 0.29) is 11.7 Å². The van der Waals surface area contributed by atoms with Crippen LogP contribution in [0, 0.1) is 0 Å². The first-order chi connectivity index (χ1) is 14.2. The summed E-state index contributed by atoms with van der Waals surface area (Å²) in [4.78, 5) is 31.8. The monoisotopic (exact) mass is 410 g/mol. The molecule has 2 N–H and O–H groups in total. The number of ether oxygens (including phenoxy) is 1. The number of rotatable bonds is 9. The van der Waals surface area contributed by atoms with E-state index in [1.54, 1.807) is 24.3 Å². The number of para-hydroxylation sites is 2. The molecule has 2 aromatic carbocycles. The summed E-state index contributed by atoms with van der Waals surface area (Å²) in [6.45, 7) is 2.42. The van der Waals surface area contributed by atoms with E-state index in [9.17, 15) is 9.59 Å². The van der Waals surface area contributed by atoms with Gasteiger partial charge in [-0.3, -0.25) is 4.79 Å². The highest BCUT2D eigenvalue weighted by Gasteiger charge is 2.11. The summed E-state index contributed by atoms with van der Waals surface area (Å²) in [6, 6.07) is 14.7. The molecule has 0 aliphatic carbocycles. The molecular formula is C21H22N4O3S. The van der Waals surface area contributed by atoms with Crippen LogP contribution < -0.4 is 5.43 Å². The molecular weight excluding hydrogens is 388 g/mol. The second-order valence-electron chi connectivity index (χ2n) is 6.22. The first kappa shape index (κ1) is 20.6. The highest BCUT2D eigenvalue weighted by atomic mass is 32.2. The van der Waals surface area contributed by atoms with Crippen LogP contribution in [0.3, 0.4) is 0 Å². The van der Waals surface area contributed by atoms with Gasteiger partial charge in [-0.1, -0.05) is 55.4 Å². The van der Waals surface area contributed by atoms with Crippen LogP contribution in [0.15, 0.2) is 58.8 Å². The van der Waals surface area contributed by atoms with Crippen molar-refractivity contribution in [3.05, 3.63) is 59.7 Å². The van der Waals surface area contributed by atoms with Gasteiger partial charge in [0.05, 0.1) is 35.2 Å². The number of aromatic nitrogens is 2. The largest absolute Gasteiger partial charge is 0.462 e. The maximum absolute atomic E-state index is 12.2. The Bertz CT molecular complexity index is 983. The number of amides is 1. The fourth-order valence-corrected chi connectivity index (χ4v) is 3.20. The first-order valence-electron chi connectivity index (χ1n) is 9.33. The molecule has 3 aromatic rings. The standard InChI is InChI=1S/C21H22N4O3S/c1-2-3-12-28-20(27)16-9-5-4-8-15(16)13-22-25-19(26)14-29-21-23-17-10-6-7-11-18(17)24-21/h4-11,13H,2-3,12,14H2,1H3,(H,23,24)(H,25,26)/b22-13+. The van der Waals surface area contributed by atoms with Crippen molar-refractivity contribution < 1.29 is 14.3 Å². The second-order valence-corrected chi connectivity index (χ2v) is 7.18. The molecule has 0 fully saturated rings. The number of nitrogens with zero attached hydrogens (tertiary/aromatic N) is 2. The van der Waals surface area contributed by atoms with E-state index in [1.807, 2.05) is 31.2 Å². The Morgan fingerprint density at radius 2 is 2.00 bits per heavy atom. The second kappa shape index (κ2) is 10.4. The van der Waals surface area contributed by atoms with Crippen molar-refractivity contribution in [2.75, 3.05) is 12.4 Å². The Balaban J connectivity index is 1.52. The first-order valence-corrected chi connectivity index (χ1v) is 10.3. The number of imidazole rings is 1. The third-order valence-electron chi connectivity index (χ3n) is 4.01. The smallest absolute Gasteiger partial charge is 0.338 e. The van der Waals surface area contributed by atoms with E-state index >= 15 is 0 Å². The number of fused-ring (bicyclic) bond motifs is 1. The van der Waals surface area contributed by atoms with Crippen LogP contribution in [0.2, 0.25) is 0 Å². The minimum atomic E-state index is -0.396. The molecule has 0 aliphatic heterocycles. The summed E-state index contributed by atoms with van der Waals surface area (Å²) >= 11 is 1.29. The van der Waals surface area contributed by atoms with Gasteiger partial charge >= 0.3 is 5.97 Å². The Hall–Kier alpha value is -3.13. The lowest BCUT2D eigenvalue weighted by Crippen LogP contribution is -2.20. The van der Waals surface area contributed by atoms with Crippen LogP contribution in [0.5, 0.6) is 0 Å². The highest BCUT2D eigenvalue weighted by molar-refractivity contribution is 7.99. The molecule has 0 spiro atoms. The Morgan fingerprint density at radius 1 is 1.21 bits per heavy atom. The number of unbranched alkanes of at least 4 members (excludes halogenated alkanes) is 1. The van der Waals surface area contributed by atoms with Gasteiger partial charge in [0, 0.05) is 5.56 Å². The molecule has 0 saturated heterocycles. The van der Waals surface area contributed by atoms with E-state index in [0.717, 1.165) is 23.9 Å². The summed E-state index contributed by atoms with van der Waals surface area (Å²) in [5.41, 5.74) is 5.25. The lowest BCUT2D eigenvalue weighted by molar-refractivity contribution is -0.118. The molecule has 0 aliphatic rings. The average molecular weight is 410 g/mol. The fraction of sp³-hybridized carbons (Fsp3) is 0.238. The fourth-order valence-electron chi connectivity index (χ4n) is 2.52. The highest BCUT2D eigenvalue weighted by Crippen LogP contribution is 2.18. The molecule has 0 radical (unpaired) electrons. The predicted molar refractivity (Wildman–Crippen MR) is 114 cm³/mol. The lowest BCUT2D eigenvalue weighted by atomic mass is 10.1. The molecule has 0 atom stereocenters. The molecule has 0 saturated carbocycles. The number of thioether (sulfide) groups is 1. The summed E-state index contributed by atoms with van der Waals surface area (Å²) < 4.78 is 5.25. The van der Waals surface area contributed by atoms with E-state index in [1.165, 1.54) is 18.0 Å². The van der Waals surface area contributed by atoms with E-state index < -0.39 is 5.97 Å². The number of esters is 1. The number of nitrogens with one attached hydrogen (secondary N) is 2. The van der Waals surface area contributed by atoms with E-state index in [0.29, 0.717) is 22.9 Å². The van der Waals surface area contributed by atoms with Gasteiger partial charge < -0.3 is 9.72 Å². The number of carbonyl (C=O) groups excluding carboxylic acids is 2. The third-order valence-corrected chi connectivity index (χ3v) is 4.89. The summed E-state index contributed by atoms with van der Waals surface area (Å²) in [7, 11) is 0. The normalized spacial score (nSPS) is 11.1. The number of hydrazone groups is 1. The van der Waals surface area contributed by atoms with Crippen molar-refractivity contribution in [2.24, 2.45) is 5.10 Å². The molecule has 150 valence electrons. The number of H-pyrrole nitrogens is 1. The Labute approximate surface area is 172 Å². The molecule has 3 rings (SSSR count). The van der Waals surface area contributed by atoms with Crippen molar-refractivity contribution in [1.29, 1.82) is 0 Å². The molecule has 0 unspecified atom stereocenters. The third kappa shape index (κ3) is 5.92.